The Morgan fingerprint density at radius 2 is 0.561 bits per heavy atom. The summed E-state index contributed by atoms with van der Waals surface area (Å²) in [6, 6.07) is 37.4. The van der Waals surface area contributed by atoms with Gasteiger partial charge in [0, 0.05) is 44.3 Å². The van der Waals surface area contributed by atoms with E-state index in [1.165, 1.54) is 22.3 Å². The summed E-state index contributed by atoms with van der Waals surface area (Å²) in [5.41, 5.74) is 19.3. The highest BCUT2D eigenvalue weighted by Crippen LogP contribution is 2.42. The van der Waals surface area contributed by atoms with Crippen LogP contribution in [0.4, 0.5) is 0 Å². The van der Waals surface area contributed by atoms with E-state index in [2.05, 4.69) is 178 Å². The lowest BCUT2D eigenvalue weighted by Gasteiger charge is -2.26. The topological polar surface area (TPSA) is 97.8 Å². The molecule has 7 aromatic rings. The highest BCUT2D eigenvalue weighted by atomic mass is 16.3. The maximum absolute atomic E-state index is 10.4. The molecule has 9 rings (SSSR count). The highest BCUT2D eigenvalue weighted by Gasteiger charge is 2.26. The van der Waals surface area contributed by atoms with E-state index in [-0.39, 0.29) is 33.2 Å². The van der Waals surface area contributed by atoms with Gasteiger partial charge in [-0.25, -0.2) is 9.97 Å². The van der Waals surface area contributed by atoms with Crippen LogP contribution < -0.4 is 0 Å². The lowest BCUT2D eigenvalue weighted by atomic mass is 9.78. The number of phenolic OH excluding ortho intramolecular Hbond substituents is 2. The standard InChI is InChI=1S/C60H62N4O2/c1-57(2,3)39-29-37(30-40(33-39)58(4,5)6)55-49-25-23-47(62-49)53(35-13-17-43(65)18-14-35)45-21-22-46(61-45)54(36-15-19-44(66)20-16-36)48-24-26-50(63-48)56(52-28-27-51(55)64-52)38-31-41(59(7,8)9)34-42(32-38)60(10,11)12/h13-34,62-63,65-66H,1-12H3. The summed E-state index contributed by atoms with van der Waals surface area (Å²) in [5.74, 6) is 0.388. The molecule has 0 atom stereocenters. The number of benzene rings is 4. The molecule has 0 aliphatic carbocycles. The average molecular weight is 871 g/mol. The number of fused-ring (bicyclic) bond motifs is 8. The van der Waals surface area contributed by atoms with Crippen molar-refractivity contribution in [1.29, 1.82) is 0 Å². The van der Waals surface area contributed by atoms with Crippen molar-refractivity contribution in [3.05, 3.63) is 154 Å². The first-order valence-electron chi connectivity index (χ1n) is 23.1. The molecule has 4 aromatic carbocycles. The van der Waals surface area contributed by atoms with E-state index >= 15 is 0 Å². The molecule has 0 radical (unpaired) electrons. The molecule has 2 aliphatic rings. The van der Waals surface area contributed by atoms with Crippen molar-refractivity contribution in [2.24, 2.45) is 0 Å². The van der Waals surface area contributed by atoms with Gasteiger partial charge < -0.3 is 20.2 Å². The molecule has 6 nitrogen and oxygen atoms in total. The molecule has 66 heavy (non-hydrogen) atoms. The fourth-order valence-electron chi connectivity index (χ4n) is 8.95. The van der Waals surface area contributed by atoms with Crippen LogP contribution in [0.25, 0.3) is 90.9 Å². The smallest absolute Gasteiger partial charge is 0.115 e. The molecular formula is C60H62N4O2. The second-order valence-electron chi connectivity index (χ2n) is 22.2. The van der Waals surface area contributed by atoms with Gasteiger partial charge in [0.15, 0.2) is 0 Å². The molecule has 6 heteroatoms. The number of aromatic nitrogens is 4. The van der Waals surface area contributed by atoms with Crippen LogP contribution in [-0.2, 0) is 21.7 Å². The molecule has 0 fully saturated rings. The van der Waals surface area contributed by atoms with Crippen molar-refractivity contribution >= 4 is 46.4 Å². The number of rotatable bonds is 4. The van der Waals surface area contributed by atoms with Crippen LogP contribution in [0.3, 0.4) is 0 Å². The number of hydrogen-bond acceptors (Lipinski definition) is 4. The van der Waals surface area contributed by atoms with Gasteiger partial charge in [-0.15, -0.1) is 0 Å². The summed E-state index contributed by atoms with van der Waals surface area (Å²) in [6.45, 7) is 27.4. The van der Waals surface area contributed by atoms with Gasteiger partial charge in [0.1, 0.15) is 11.5 Å². The van der Waals surface area contributed by atoms with E-state index in [1.807, 2.05) is 24.3 Å². The minimum Gasteiger partial charge on any atom is -0.508 e. The minimum absolute atomic E-state index is 0.105. The third kappa shape index (κ3) is 8.53. The zero-order valence-corrected chi connectivity index (χ0v) is 40.5. The normalized spacial score (nSPS) is 13.2. The summed E-state index contributed by atoms with van der Waals surface area (Å²) < 4.78 is 0. The van der Waals surface area contributed by atoms with Crippen LogP contribution in [-0.4, -0.2) is 30.1 Å². The number of nitrogens with zero attached hydrogens (tertiary/aromatic N) is 2. The molecule has 0 amide bonds. The SMILES string of the molecule is CC(C)(C)c1cc(-c2c3nc(c(-c4cc(C(C)(C)C)cc(C(C)(C)C)c4)c4ccc([nH]4)c(-c4ccc(O)cc4)c4nc(c(-c5ccc(O)cc5)c5ccc2[nH]5)C=C4)C=C3)cc(C(C)(C)C)c1. The number of phenols is 2. The van der Waals surface area contributed by atoms with Gasteiger partial charge in [-0.1, -0.05) is 144 Å². The van der Waals surface area contributed by atoms with Gasteiger partial charge in [0.05, 0.1) is 22.8 Å². The van der Waals surface area contributed by atoms with E-state index in [4.69, 9.17) is 9.97 Å². The Balaban J connectivity index is 1.50. The first-order chi connectivity index (χ1) is 31.0. The first-order valence-corrected chi connectivity index (χ1v) is 23.1. The number of nitrogens with one attached hydrogen (secondary N) is 2. The fourth-order valence-corrected chi connectivity index (χ4v) is 8.95. The van der Waals surface area contributed by atoms with E-state index < -0.39 is 0 Å². The Bertz CT molecular complexity index is 3000. The molecule has 3 aromatic heterocycles. The number of aromatic hydroxyl groups is 2. The van der Waals surface area contributed by atoms with Crippen molar-refractivity contribution in [3.63, 3.8) is 0 Å². The predicted octanol–water partition coefficient (Wildman–Crippen LogP) is 15.9. The molecular weight excluding hydrogens is 809 g/mol. The highest BCUT2D eigenvalue weighted by molar-refractivity contribution is 6.00. The Morgan fingerprint density at radius 3 is 0.803 bits per heavy atom. The van der Waals surface area contributed by atoms with Crippen molar-refractivity contribution < 1.29 is 10.2 Å². The monoisotopic (exact) mass is 870 g/mol. The van der Waals surface area contributed by atoms with E-state index in [1.54, 1.807) is 24.3 Å². The summed E-state index contributed by atoms with van der Waals surface area (Å²) in [6.07, 6.45) is 8.49. The molecule has 8 bridgehead atoms. The Labute approximate surface area is 389 Å². The maximum Gasteiger partial charge on any atom is 0.115 e. The Hall–Kier alpha value is -6.92. The van der Waals surface area contributed by atoms with E-state index in [0.717, 1.165) is 89.4 Å². The predicted molar refractivity (Wildman–Crippen MR) is 279 cm³/mol. The number of hydrogen-bond donors (Lipinski definition) is 4. The largest absolute Gasteiger partial charge is 0.508 e. The Kier molecular flexibility index (Phi) is 10.7. The molecule has 334 valence electrons. The van der Waals surface area contributed by atoms with E-state index in [9.17, 15) is 10.2 Å². The lowest BCUT2D eigenvalue weighted by Crippen LogP contribution is -2.16. The second kappa shape index (κ2) is 15.9. The molecule has 2 aliphatic heterocycles. The number of aromatic amines is 2. The summed E-state index contributed by atoms with van der Waals surface area (Å²) >= 11 is 0. The fraction of sp³-hybridized carbons (Fsp3) is 0.267. The summed E-state index contributed by atoms with van der Waals surface area (Å²) in [7, 11) is 0. The van der Waals surface area contributed by atoms with Crippen LogP contribution in [0.15, 0.2) is 109 Å². The van der Waals surface area contributed by atoms with Gasteiger partial charge in [0.2, 0.25) is 0 Å². The van der Waals surface area contributed by atoms with Crippen LogP contribution in [0.2, 0.25) is 0 Å². The second-order valence-corrected chi connectivity index (χ2v) is 22.2. The third-order valence-corrected chi connectivity index (χ3v) is 13.0. The van der Waals surface area contributed by atoms with Gasteiger partial charge >= 0.3 is 0 Å². The summed E-state index contributed by atoms with van der Waals surface area (Å²) in [5, 5.41) is 20.8. The number of H-pyrrole nitrogens is 2. The average Bonchev–Trinajstić information content (AvgIpc) is 4.09. The lowest BCUT2D eigenvalue weighted by molar-refractivity contribution is 0.475. The summed E-state index contributed by atoms with van der Waals surface area (Å²) in [4.78, 5) is 18.9. The zero-order valence-electron chi connectivity index (χ0n) is 40.5. The van der Waals surface area contributed by atoms with Crippen molar-refractivity contribution in [2.75, 3.05) is 0 Å². The zero-order chi connectivity index (χ0) is 47.1. The molecule has 5 heterocycles. The minimum atomic E-state index is -0.105. The van der Waals surface area contributed by atoms with Crippen molar-refractivity contribution in [3.8, 4) is 56.0 Å². The van der Waals surface area contributed by atoms with Crippen molar-refractivity contribution in [2.45, 2.75) is 105 Å². The molecule has 0 saturated heterocycles. The maximum atomic E-state index is 10.4. The Morgan fingerprint density at radius 1 is 0.318 bits per heavy atom. The molecule has 0 spiro atoms. The van der Waals surface area contributed by atoms with Gasteiger partial charge in [-0.05, 0) is 139 Å². The van der Waals surface area contributed by atoms with Crippen LogP contribution in [0, 0.1) is 0 Å². The van der Waals surface area contributed by atoms with Gasteiger partial charge in [-0.2, -0.15) is 0 Å². The third-order valence-electron chi connectivity index (χ3n) is 13.0. The van der Waals surface area contributed by atoms with E-state index in [0.29, 0.717) is 0 Å². The van der Waals surface area contributed by atoms with Crippen LogP contribution in [0.5, 0.6) is 11.5 Å². The quantitative estimate of drug-likeness (QED) is 0.142. The molecule has 0 unspecified atom stereocenters. The van der Waals surface area contributed by atoms with Crippen LogP contribution in [0.1, 0.15) is 128 Å². The molecule has 4 N–H and O–H groups in total. The van der Waals surface area contributed by atoms with Crippen LogP contribution >= 0.6 is 0 Å². The van der Waals surface area contributed by atoms with Gasteiger partial charge in [-0.3, -0.25) is 0 Å². The van der Waals surface area contributed by atoms with Gasteiger partial charge in [0.25, 0.3) is 0 Å². The first kappa shape index (κ1) is 44.3. The van der Waals surface area contributed by atoms with Crippen molar-refractivity contribution in [1.82, 2.24) is 19.9 Å². The molecule has 0 saturated carbocycles.